The van der Waals surface area contributed by atoms with Gasteiger partial charge in [0.15, 0.2) is 5.65 Å². The summed E-state index contributed by atoms with van der Waals surface area (Å²) < 4.78 is 20.4. The van der Waals surface area contributed by atoms with Gasteiger partial charge >= 0.3 is 0 Å². The number of rotatable bonds is 5. The molecule has 2 heterocycles. The molecule has 3 aromatic rings. The number of fused-ring (bicyclic) bond motifs is 1. The predicted octanol–water partition coefficient (Wildman–Crippen LogP) is 2.71. The lowest BCUT2D eigenvalue weighted by Gasteiger charge is -2.17. The summed E-state index contributed by atoms with van der Waals surface area (Å²) in [7, 11) is 1.57. The van der Waals surface area contributed by atoms with E-state index < -0.39 is 0 Å². The second-order valence-corrected chi connectivity index (χ2v) is 5.37. The maximum atomic E-state index is 13.5. The van der Waals surface area contributed by atoms with Gasteiger partial charge in [-0.15, -0.1) is 6.42 Å². The number of terminal acetylenes is 1. The number of ether oxygens (including phenoxy) is 1. The van der Waals surface area contributed by atoms with Gasteiger partial charge in [-0.3, -0.25) is 0 Å². The van der Waals surface area contributed by atoms with Crippen LogP contribution in [-0.2, 0) is 6.54 Å². The Hall–Kier alpha value is -2.91. The molecule has 0 amide bonds. The van der Waals surface area contributed by atoms with Crippen molar-refractivity contribution in [3.63, 3.8) is 0 Å². The van der Waals surface area contributed by atoms with Gasteiger partial charge in [0.25, 0.3) is 0 Å². The Labute approximate surface area is 139 Å². The molecule has 3 rings (SSSR count). The largest absolute Gasteiger partial charge is 0.496 e. The van der Waals surface area contributed by atoms with Crippen LogP contribution in [-0.4, -0.2) is 21.7 Å². The van der Waals surface area contributed by atoms with E-state index in [1.165, 1.54) is 12.1 Å². The Morgan fingerprint density at radius 2 is 2.21 bits per heavy atom. The van der Waals surface area contributed by atoms with Gasteiger partial charge in [-0.25, -0.2) is 13.9 Å². The van der Waals surface area contributed by atoms with E-state index in [0.29, 0.717) is 23.6 Å². The third kappa shape index (κ3) is 3.07. The third-order valence-electron chi connectivity index (χ3n) is 3.81. The molecule has 0 aliphatic rings. The van der Waals surface area contributed by atoms with Gasteiger partial charge in [0.2, 0.25) is 0 Å². The average molecular weight is 324 g/mol. The number of hydrogen-bond donors (Lipinski definition) is 1. The minimum Gasteiger partial charge on any atom is -0.496 e. The van der Waals surface area contributed by atoms with Crippen LogP contribution in [0.15, 0.2) is 36.5 Å². The van der Waals surface area contributed by atoms with Crippen LogP contribution >= 0.6 is 0 Å². The highest BCUT2D eigenvalue weighted by Gasteiger charge is 2.13. The topological polar surface area (TPSA) is 51.5 Å². The van der Waals surface area contributed by atoms with Gasteiger partial charge in [-0.1, -0.05) is 0 Å². The van der Waals surface area contributed by atoms with Crippen LogP contribution in [0.1, 0.15) is 29.9 Å². The molecular formula is C18H17FN4O. The number of aromatic nitrogens is 3. The third-order valence-corrected chi connectivity index (χ3v) is 3.81. The van der Waals surface area contributed by atoms with Crippen LogP contribution in [0.25, 0.3) is 5.65 Å². The summed E-state index contributed by atoms with van der Waals surface area (Å²) in [6.45, 7) is 2.44. The first-order valence-electron chi connectivity index (χ1n) is 7.49. The molecule has 0 fully saturated rings. The molecular weight excluding hydrogens is 307 g/mol. The minimum absolute atomic E-state index is 0.108. The summed E-state index contributed by atoms with van der Waals surface area (Å²) in [5.74, 6) is 2.90. The molecule has 0 aliphatic carbocycles. The van der Waals surface area contributed by atoms with E-state index in [1.807, 2.05) is 19.1 Å². The lowest BCUT2D eigenvalue weighted by atomic mass is 10.1. The summed E-state index contributed by atoms with van der Waals surface area (Å²) in [5.41, 5.74) is 2.86. The molecule has 122 valence electrons. The van der Waals surface area contributed by atoms with Crippen LogP contribution in [0.2, 0.25) is 0 Å². The highest BCUT2D eigenvalue weighted by Crippen LogP contribution is 2.25. The van der Waals surface area contributed by atoms with E-state index in [1.54, 1.807) is 23.9 Å². The van der Waals surface area contributed by atoms with Crippen molar-refractivity contribution in [2.45, 2.75) is 19.5 Å². The van der Waals surface area contributed by atoms with E-state index in [0.717, 1.165) is 11.3 Å². The van der Waals surface area contributed by atoms with E-state index in [2.05, 4.69) is 21.3 Å². The number of hydrogen-bond acceptors (Lipinski definition) is 4. The smallest absolute Gasteiger partial charge is 0.154 e. The summed E-state index contributed by atoms with van der Waals surface area (Å²) in [5, 5.41) is 7.79. The first-order valence-corrected chi connectivity index (χ1v) is 7.49. The summed E-state index contributed by atoms with van der Waals surface area (Å²) in [4.78, 5) is 4.19. The average Bonchev–Trinajstić information content (AvgIpc) is 3.01. The monoisotopic (exact) mass is 324 g/mol. The van der Waals surface area contributed by atoms with Crippen LogP contribution in [0, 0.1) is 18.2 Å². The first kappa shape index (κ1) is 16.0. The Kier molecular flexibility index (Phi) is 4.45. The molecule has 1 aromatic carbocycles. The van der Waals surface area contributed by atoms with E-state index >= 15 is 0 Å². The van der Waals surface area contributed by atoms with Crippen LogP contribution in [0.4, 0.5) is 4.39 Å². The number of benzene rings is 1. The van der Waals surface area contributed by atoms with Gasteiger partial charge in [-0.2, -0.15) is 5.10 Å². The van der Waals surface area contributed by atoms with Gasteiger partial charge in [0.1, 0.15) is 17.3 Å². The Bertz CT molecular complexity index is 913. The van der Waals surface area contributed by atoms with Crippen LogP contribution in [0.5, 0.6) is 5.75 Å². The van der Waals surface area contributed by atoms with Crippen molar-refractivity contribution in [1.29, 1.82) is 0 Å². The number of methoxy groups -OCH3 is 1. The predicted molar refractivity (Wildman–Crippen MR) is 89.1 cm³/mol. The minimum atomic E-state index is -0.295. The fraction of sp³-hybridized carbons (Fsp3) is 0.222. The molecule has 24 heavy (non-hydrogen) atoms. The summed E-state index contributed by atoms with van der Waals surface area (Å²) in [6.07, 6.45) is 7.05. The maximum absolute atomic E-state index is 13.5. The number of imidazole rings is 1. The van der Waals surface area contributed by atoms with Crippen molar-refractivity contribution < 1.29 is 9.13 Å². The van der Waals surface area contributed by atoms with Crippen LogP contribution < -0.4 is 10.1 Å². The van der Waals surface area contributed by atoms with Crippen molar-refractivity contribution in [2.24, 2.45) is 0 Å². The van der Waals surface area contributed by atoms with Gasteiger partial charge in [-0.05, 0) is 43.2 Å². The van der Waals surface area contributed by atoms with E-state index in [-0.39, 0.29) is 11.9 Å². The Balaban J connectivity index is 1.78. The van der Waals surface area contributed by atoms with Crippen LogP contribution in [0.3, 0.4) is 0 Å². The van der Waals surface area contributed by atoms with Crippen molar-refractivity contribution in [1.82, 2.24) is 19.9 Å². The highest BCUT2D eigenvalue weighted by molar-refractivity contribution is 5.43. The fourth-order valence-corrected chi connectivity index (χ4v) is 2.52. The zero-order chi connectivity index (χ0) is 17.1. The first-order chi connectivity index (χ1) is 11.6. The van der Waals surface area contributed by atoms with Crippen molar-refractivity contribution in [2.75, 3.05) is 7.11 Å². The van der Waals surface area contributed by atoms with E-state index in [4.69, 9.17) is 11.2 Å². The molecule has 1 N–H and O–H groups in total. The van der Waals surface area contributed by atoms with Gasteiger partial charge in [0, 0.05) is 18.2 Å². The summed E-state index contributed by atoms with van der Waals surface area (Å²) >= 11 is 0. The lowest BCUT2D eigenvalue weighted by molar-refractivity contribution is 0.399. The molecule has 0 radical (unpaired) electrons. The number of nitrogens with one attached hydrogen (secondary N) is 1. The molecule has 1 atom stereocenters. The molecule has 1 unspecified atom stereocenters. The Morgan fingerprint density at radius 3 is 2.96 bits per heavy atom. The standard InChI is InChI=1S/C18H17FN4O/c1-4-15-11-21-18-8-6-14(22-23(15)18)10-20-12(2)16-9-13(19)5-7-17(16)24-3/h1,5-9,11-12,20H,10H2,2-3H3. The van der Waals surface area contributed by atoms with Crippen molar-refractivity contribution >= 4 is 5.65 Å². The molecule has 0 spiro atoms. The molecule has 0 saturated heterocycles. The summed E-state index contributed by atoms with van der Waals surface area (Å²) in [6, 6.07) is 8.11. The molecule has 0 saturated carbocycles. The van der Waals surface area contributed by atoms with Gasteiger partial charge in [0.05, 0.1) is 19.0 Å². The van der Waals surface area contributed by atoms with Crippen molar-refractivity contribution in [3.8, 4) is 18.1 Å². The second-order valence-electron chi connectivity index (χ2n) is 5.37. The zero-order valence-corrected chi connectivity index (χ0v) is 13.5. The molecule has 0 bridgehead atoms. The zero-order valence-electron chi connectivity index (χ0n) is 13.5. The SMILES string of the molecule is C#Cc1cnc2ccc(CNC(C)c3cc(F)ccc3OC)nn12. The molecule has 5 nitrogen and oxygen atoms in total. The van der Waals surface area contributed by atoms with Gasteiger partial charge < -0.3 is 10.1 Å². The number of halogens is 1. The van der Waals surface area contributed by atoms with Crippen molar-refractivity contribution in [3.05, 3.63) is 59.3 Å². The molecule has 2 aromatic heterocycles. The Morgan fingerprint density at radius 1 is 1.38 bits per heavy atom. The lowest BCUT2D eigenvalue weighted by Crippen LogP contribution is -2.20. The highest BCUT2D eigenvalue weighted by atomic mass is 19.1. The second kappa shape index (κ2) is 6.69. The normalized spacial score (nSPS) is 12.1. The van der Waals surface area contributed by atoms with E-state index in [9.17, 15) is 4.39 Å². The molecule has 6 heteroatoms. The number of nitrogens with zero attached hydrogens (tertiary/aromatic N) is 3. The molecule has 0 aliphatic heterocycles. The maximum Gasteiger partial charge on any atom is 0.154 e. The fourth-order valence-electron chi connectivity index (χ4n) is 2.52. The quantitative estimate of drug-likeness (QED) is 0.733.